The highest BCUT2D eigenvalue weighted by Crippen LogP contribution is 2.47. The molecule has 0 unspecified atom stereocenters. The Morgan fingerprint density at radius 1 is 1.16 bits per heavy atom. The molecule has 0 N–H and O–H groups in total. The topological polar surface area (TPSA) is 3.24 Å². The Morgan fingerprint density at radius 3 is 2.58 bits per heavy atom. The lowest BCUT2D eigenvalue weighted by Crippen LogP contribution is -2.26. The van der Waals surface area contributed by atoms with Gasteiger partial charge in [-0.05, 0) is 25.0 Å². The van der Waals surface area contributed by atoms with E-state index in [-0.39, 0.29) is 5.41 Å². The van der Waals surface area contributed by atoms with E-state index in [9.17, 15) is 0 Å². The third-order valence-electron chi connectivity index (χ3n) is 4.40. The molecule has 0 bridgehead atoms. The summed E-state index contributed by atoms with van der Waals surface area (Å²) in [6.45, 7) is 14.5. The highest BCUT2D eigenvalue weighted by Gasteiger charge is 2.38. The molecule has 2 rings (SSSR count). The van der Waals surface area contributed by atoms with E-state index in [2.05, 4.69) is 57.4 Å². The van der Waals surface area contributed by atoms with Gasteiger partial charge in [-0.2, -0.15) is 0 Å². The summed E-state index contributed by atoms with van der Waals surface area (Å²) in [4.78, 5) is 2.43. The lowest BCUT2D eigenvalue weighted by molar-refractivity contribution is 0.614. The molecule has 0 radical (unpaired) electrons. The summed E-state index contributed by atoms with van der Waals surface area (Å²) in [6, 6.07) is 6.81. The first-order valence-electron chi connectivity index (χ1n) is 7.56. The summed E-state index contributed by atoms with van der Waals surface area (Å²) >= 11 is 0. The van der Waals surface area contributed by atoms with Gasteiger partial charge in [0.1, 0.15) is 0 Å². The highest BCUT2D eigenvalue weighted by molar-refractivity contribution is 5.70. The van der Waals surface area contributed by atoms with Crippen molar-refractivity contribution in [1.29, 1.82) is 0 Å². The predicted molar refractivity (Wildman–Crippen MR) is 84.8 cm³/mol. The number of nitrogens with zero attached hydrogens (tertiary/aromatic N) is 1. The predicted octanol–water partition coefficient (Wildman–Crippen LogP) is 5.19. The number of hydrogen-bond acceptors (Lipinski definition) is 1. The van der Waals surface area contributed by atoms with Gasteiger partial charge in [0.15, 0.2) is 0 Å². The van der Waals surface area contributed by atoms with Crippen molar-refractivity contribution in [3.05, 3.63) is 41.6 Å². The van der Waals surface area contributed by atoms with Gasteiger partial charge in [0.25, 0.3) is 0 Å². The van der Waals surface area contributed by atoms with Crippen LogP contribution in [0.1, 0.15) is 57.6 Å². The van der Waals surface area contributed by atoms with E-state index in [1.165, 1.54) is 48.2 Å². The molecule has 0 saturated carbocycles. The molecule has 1 aromatic carbocycles. The van der Waals surface area contributed by atoms with E-state index >= 15 is 0 Å². The van der Waals surface area contributed by atoms with Crippen molar-refractivity contribution in [1.82, 2.24) is 0 Å². The Bertz CT molecular complexity index is 471. The smallest absolute Gasteiger partial charge is 0.0450 e. The molecule has 19 heavy (non-hydrogen) atoms. The average molecular weight is 257 g/mol. The Morgan fingerprint density at radius 2 is 1.89 bits per heavy atom. The van der Waals surface area contributed by atoms with Crippen molar-refractivity contribution in [2.75, 3.05) is 11.4 Å². The number of rotatable bonds is 5. The molecule has 104 valence electrons. The van der Waals surface area contributed by atoms with Crippen LogP contribution < -0.4 is 4.90 Å². The van der Waals surface area contributed by atoms with Crippen LogP contribution in [-0.4, -0.2) is 6.54 Å². The maximum Gasteiger partial charge on any atom is 0.0450 e. The maximum absolute atomic E-state index is 4.36. The molecule has 1 heteroatoms. The maximum atomic E-state index is 4.36. The zero-order valence-electron chi connectivity index (χ0n) is 12.9. The van der Waals surface area contributed by atoms with Crippen molar-refractivity contribution in [3.63, 3.8) is 0 Å². The van der Waals surface area contributed by atoms with Crippen molar-refractivity contribution < 1.29 is 0 Å². The van der Waals surface area contributed by atoms with Crippen molar-refractivity contribution in [2.24, 2.45) is 0 Å². The SMILES string of the molecule is C=C1N(CCCCCC)c2ccc(C)cc2C1(C)C. The number of aryl methyl sites for hydroxylation is 1. The Labute approximate surface area is 118 Å². The van der Waals surface area contributed by atoms with Crippen LogP contribution in [0, 0.1) is 6.92 Å². The van der Waals surface area contributed by atoms with Crippen LogP contribution >= 0.6 is 0 Å². The van der Waals surface area contributed by atoms with Gasteiger partial charge in [-0.25, -0.2) is 0 Å². The quantitative estimate of drug-likeness (QED) is 0.656. The van der Waals surface area contributed by atoms with E-state index < -0.39 is 0 Å². The second-order valence-electron chi connectivity index (χ2n) is 6.30. The summed E-state index contributed by atoms with van der Waals surface area (Å²) in [6.07, 6.45) is 5.21. The standard InChI is InChI=1S/C18H27N/c1-6-7-8-9-12-19-15(3)18(4,5)16-13-14(2)10-11-17(16)19/h10-11,13H,3,6-9,12H2,1-2,4-5H3. The number of fused-ring (bicyclic) bond motifs is 1. The van der Waals surface area contributed by atoms with E-state index in [1.54, 1.807) is 0 Å². The molecular weight excluding hydrogens is 230 g/mol. The summed E-state index contributed by atoms with van der Waals surface area (Å²) in [7, 11) is 0. The fraction of sp³-hybridized carbons (Fsp3) is 0.556. The van der Waals surface area contributed by atoms with Gasteiger partial charge in [0.2, 0.25) is 0 Å². The van der Waals surface area contributed by atoms with E-state index in [4.69, 9.17) is 0 Å². The number of allylic oxidation sites excluding steroid dienone is 1. The molecule has 1 aromatic rings. The fourth-order valence-corrected chi connectivity index (χ4v) is 2.98. The lowest BCUT2D eigenvalue weighted by atomic mass is 9.84. The van der Waals surface area contributed by atoms with Crippen LogP contribution in [0.4, 0.5) is 5.69 Å². The van der Waals surface area contributed by atoms with Gasteiger partial charge in [-0.1, -0.05) is 64.3 Å². The second-order valence-corrected chi connectivity index (χ2v) is 6.30. The highest BCUT2D eigenvalue weighted by atomic mass is 15.2. The van der Waals surface area contributed by atoms with E-state index in [0.717, 1.165) is 6.54 Å². The molecule has 0 aromatic heterocycles. The molecule has 0 spiro atoms. The zero-order valence-corrected chi connectivity index (χ0v) is 12.9. The lowest BCUT2D eigenvalue weighted by Gasteiger charge is -2.25. The monoisotopic (exact) mass is 257 g/mol. The van der Waals surface area contributed by atoms with Gasteiger partial charge in [-0.15, -0.1) is 0 Å². The molecular formula is C18H27N. The van der Waals surface area contributed by atoms with Crippen LogP contribution in [0.5, 0.6) is 0 Å². The van der Waals surface area contributed by atoms with Crippen molar-refractivity contribution in [2.45, 2.75) is 58.8 Å². The minimum Gasteiger partial charge on any atom is -0.345 e. The van der Waals surface area contributed by atoms with Gasteiger partial charge in [0, 0.05) is 23.3 Å². The number of anilines is 1. The van der Waals surface area contributed by atoms with Gasteiger partial charge < -0.3 is 4.90 Å². The minimum absolute atomic E-state index is 0.0755. The summed E-state index contributed by atoms with van der Waals surface area (Å²) in [5.41, 5.74) is 5.48. The molecule has 1 aliphatic heterocycles. The van der Waals surface area contributed by atoms with Crippen LogP contribution in [0.25, 0.3) is 0 Å². The first kappa shape index (κ1) is 14.2. The van der Waals surface area contributed by atoms with Gasteiger partial charge in [0.05, 0.1) is 0 Å². The molecule has 1 aliphatic rings. The fourth-order valence-electron chi connectivity index (χ4n) is 2.98. The van der Waals surface area contributed by atoms with E-state index in [0.29, 0.717) is 0 Å². The van der Waals surface area contributed by atoms with Crippen LogP contribution in [0.15, 0.2) is 30.5 Å². The van der Waals surface area contributed by atoms with Crippen LogP contribution in [-0.2, 0) is 5.41 Å². The first-order valence-corrected chi connectivity index (χ1v) is 7.56. The number of hydrogen-bond donors (Lipinski definition) is 0. The Kier molecular flexibility index (Phi) is 4.03. The molecule has 0 saturated heterocycles. The van der Waals surface area contributed by atoms with Gasteiger partial charge >= 0.3 is 0 Å². The zero-order chi connectivity index (χ0) is 14.0. The van der Waals surface area contributed by atoms with Crippen molar-refractivity contribution in [3.8, 4) is 0 Å². The Hall–Kier alpha value is -1.24. The third-order valence-corrected chi connectivity index (χ3v) is 4.40. The average Bonchev–Trinajstić information content (AvgIpc) is 2.55. The van der Waals surface area contributed by atoms with Crippen LogP contribution in [0.3, 0.4) is 0 Å². The number of benzene rings is 1. The normalized spacial score (nSPS) is 16.8. The molecule has 0 fully saturated rings. The Balaban J connectivity index is 2.20. The summed E-state index contributed by atoms with van der Waals surface area (Å²) < 4.78 is 0. The molecule has 1 nitrogen and oxygen atoms in total. The molecule has 0 amide bonds. The molecule has 1 heterocycles. The summed E-state index contributed by atoms with van der Waals surface area (Å²) in [5, 5.41) is 0. The van der Waals surface area contributed by atoms with Gasteiger partial charge in [-0.3, -0.25) is 0 Å². The molecule has 0 atom stereocenters. The molecule has 0 aliphatic carbocycles. The minimum atomic E-state index is 0.0755. The summed E-state index contributed by atoms with van der Waals surface area (Å²) in [5.74, 6) is 0. The second kappa shape index (κ2) is 5.40. The third kappa shape index (κ3) is 2.56. The van der Waals surface area contributed by atoms with Crippen LogP contribution in [0.2, 0.25) is 0 Å². The number of unbranched alkanes of at least 4 members (excludes halogenated alkanes) is 3. The first-order chi connectivity index (χ1) is 8.98. The largest absolute Gasteiger partial charge is 0.345 e. The van der Waals surface area contributed by atoms with Crippen molar-refractivity contribution >= 4 is 5.69 Å². The van der Waals surface area contributed by atoms with E-state index in [1.807, 2.05) is 0 Å².